The Hall–Kier alpha value is -2.03. The van der Waals surface area contributed by atoms with Crippen LogP contribution in [-0.4, -0.2) is 55.1 Å². The number of aromatic nitrogens is 2. The Balaban J connectivity index is 1.74. The highest BCUT2D eigenvalue weighted by Gasteiger charge is 2.24. The van der Waals surface area contributed by atoms with E-state index >= 15 is 0 Å². The van der Waals surface area contributed by atoms with E-state index in [1.165, 1.54) is 11.8 Å². The van der Waals surface area contributed by atoms with E-state index in [4.69, 9.17) is 0 Å². The van der Waals surface area contributed by atoms with Crippen molar-refractivity contribution in [1.82, 2.24) is 14.3 Å². The van der Waals surface area contributed by atoms with Crippen molar-refractivity contribution in [2.45, 2.75) is 13.3 Å². The highest BCUT2D eigenvalue weighted by atomic mass is 32.2. The molecule has 0 bridgehead atoms. The summed E-state index contributed by atoms with van der Waals surface area (Å²) in [5, 5.41) is 3.19. The molecule has 0 atom stereocenters. The predicted molar refractivity (Wildman–Crippen MR) is 111 cm³/mol. The molecule has 1 aromatic carbocycles. The van der Waals surface area contributed by atoms with E-state index in [0.717, 1.165) is 40.1 Å². The molecule has 2 aromatic heterocycles. The van der Waals surface area contributed by atoms with E-state index in [9.17, 15) is 8.42 Å². The van der Waals surface area contributed by atoms with Crippen LogP contribution >= 0.6 is 11.3 Å². The van der Waals surface area contributed by atoms with Gasteiger partial charge < -0.3 is 4.90 Å². The first kappa shape index (κ1) is 18.3. The van der Waals surface area contributed by atoms with Crippen LogP contribution < -0.4 is 4.90 Å². The summed E-state index contributed by atoms with van der Waals surface area (Å²) in [6, 6.07) is 8.47. The molecule has 142 valence electrons. The zero-order chi connectivity index (χ0) is 19.0. The summed E-state index contributed by atoms with van der Waals surface area (Å²) in [7, 11) is -3.17. The van der Waals surface area contributed by atoms with E-state index in [0.29, 0.717) is 19.6 Å². The summed E-state index contributed by atoms with van der Waals surface area (Å²) < 4.78 is 25.4. The van der Waals surface area contributed by atoms with Gasteiger partial charge in [-0.25, -0.2) is 22.7 Å². The highest BCUT2D eigenvalue weighted by Crippen LogP contribution is 2.38. The van der Waals surface area contributed by atoms with E-state index in [-0.39, 0.29) is 0 Å². The second-order valence-corrected chi connectivity index (χ2v) is 9.74. The average Bonchev–Trinajstić information content (AvgIpc) is 2.90. The molecule has 6 nitrogen and oxygen atoms in total. The van der Waals surface area contributed by atoms with Gasteiger partial charge in [0.2, 0.25) is 10.0 Å². The van der Waals surface area contributed by atoms with Crippen molar-refractivity contribution in [3.05, 3.63) is 41.5 Å². The molecule has 0 radical (unpaired) electrons. The molecule has 0 N–H and O–H groups in total. The van der Waals surface area contributed by atoms with Crippen molar-refractivity contribution in [3.8, 4) is 11.1 Å². The molecule has 8 heteroatoms. The van der Waals surface area contributed by atoms with Crippen LogP contribution in [0.1, 0.15) is 12.0 Å². The fourth-order valence-corrected chi connectivity index (χ4v) is 5.27. The number of aryl methyl sites for hydroxylation is 1. The molecule has 27 heavy (non-hydrogen) atoms. The van der Waals surface area contributed by atoms with Gasteiger partial charge in [0.25, 0.3) is 0 Å². The molecule has 0 spiro atoms. The van der Waals surface area contributed by atoms with Crippen molar-refractivity contribution in [3.63, 3.8) is 0 Å². The number of hydrogen-bond donors (Lipinski definition) is 0. The Morgan fingerprint density at radius 1 is 1.04 bits per heavy atom. The van der Waals surface area contributed by atoms with Crippen LogP contribution in [0.3, 0.4) is 0 Å². The summed E-state index contributed by atoms with van der Waals surface area (Å²) in [5.74, 6) is 0.896. The molecule has 0 amide bonds. The minimum atomic E-state index is -3.17. The Morgan fingerprint density at radius 3 is 2.56 bits per heavy atom. The van der Waals surface area contributed by atoms with Gasteiger partial charge in [-0.3, -0.25) is 0 Å². The van der Waals surface area contributed by atoms with Crippen molar-refractivity contribution >= 4 is 37.4 Å². The largest absolute Gasteiger partial charge is 0.355 e. The SMILES string of the molecule is Cc1ccc(-c2csc3ncnc(N4CCCN(S(C)(=O)=O)CC4)c23)cc1. The second-order valence-electron chi connectivity index (χ2n) is 6.90. The molecule has 3 heterocycles. The first-order valence-corrected chi connectivity index (χ1v) is 11.7. The van der Waals surface area contributed by atoms with Crippen LogP contribution in [0.25, 0.3) is 21.3 Å². The molecule has 1 saturated heterocycles. The molecule has 0 unspecified atom stereocenters. The summed E-state index contributed by atoms with van der Waals surface area (Å²) >= 11 is 1.62. The summed E-state index contributed by atoms with van der Waals surface area (Å²) in [4.78, 5) is 12.2. The highest BCUT2D eigenvalue weighted by molar-refractivity contribution is 7.88. The minimum absolute atomic E-state index is 0.480. The lowest BCUT2D eigenvalue weighted by Gasteiger charge is -2.23. The molecule has 0 aliphatic carbocycles. The fourth-order valence-electron chi connectivity index (χ4n) is 3.48. The number of anilines is 1. The van der Waals surface area contributed by atoms with Gasteiger partial charge in [0, 0.05) is 37.1 Å². The zero-order valence-electron chi connectivity index (χ0n) is 15.4. The molecule has 4 rings (SSSR count). The molecule has 1 aliphatic heterocycles. The summed E-state index contributed by atoms with van der Waals surface area (Å²) in [6.45, 7) is 4.52. The van der Waals surface area contributed by atoms with Gasteiger partial charge in [-0.2, -0.15) is 0 Å². The third-order valence-electron chi connectivity index (χ3n) is 4.94. The molecular formula is C19H22N4O2S2. The van der Waals surface area contributed by atoms with Crippen LogP contribution in [0.15, 0.2) is 36.0 Å². The topological polar surface area (TPSA) is 66.4 Å². The van der Waals surface area contributed by atoms with Crippen LogP contribution in [0.2, 0.25) is 0 Å². The maximum atomic E-state index is 11.9. The average molecular weight is 403 g/mol. The van der Waals surface area contributed by atoms with Gasteiger partial charge in [0.15, 0.2) is 0 Å². The lowest BCUT2D eigenvalue weighted by atomic mass is 10.0. The number of benzene rings is 1. The third kappa shape index (κ3) is 3.69. The predicted octanol–water partition coefficient (Wildman–Crippen LogP) is 3.14. The number of sulfonamides is 1. The number of fused-ring (bicyclic) bond motifs is 1. The smallest absolute Gasteiger partial charge is 0.211 e. The normalized spacial score (nSPS) is 16.6. The Bertz CT molecular complexity index is 1060. The second kappa shape index (κ2) is 7.18. The van der Waals surface area contributed by atoms with Gasteiger partial charge in [-0.15, -0.1) is 11.3 Å². The number of nitrogens with zero attached hydrogens (tertiary/aromatic N) is 4. The van der Waals surface area contributed by atoms with Gasteiger partial charge in [-0.1, -0.05) is 29.8 Å². The van der Waals surface area contributed by atoms with Crippen molar-refractivity contribution < 1.29 is 8.42 Å². The molecule has 0 saturated carbocycles. The van der Waals surface area contributed by atoms with E-state index < -0.39 is 10.0 Å². The maximum Gasteiger partial charge on any atom is 0.211 e. The van der Waals surface area contributed by atoms with Crippen LogP contribution in [0.5, 0.6) is 0 Å². The number of thiophene rings is 1. The monoisotopic (exact) mass is 402 g/mol. The first-order chi connectivity index (χ1) is 12.9. The van der Waals surface area contributed by atoms with Crippen molar-refractivity contribution in [2.75, 3.05) is 37.3 Å². The molecule has 1 aliphatic rings. The number of hydrogen-bond acceptors (Lipinski definition) is 6. The minimum Gasteiger partial charge on any atom is -0.355 e. The van der Waals surface area contributed by atoms with Gasteiger partial charge in [-0.05, 0) is 18.9 Å². The fraction of sp³-hybridized carbons (Fsp3) is 0.368. The third-order valence-corrected chi connectivity index (χ3v) is 7.13. The van der Waals surface area contributed by atoms with Crippen LogP contribution in [-0.2, 0) is 10.0 Å². The lowest BCUT2D eigenvalue weighted by Crippen LogP contribution is -2.34. The van der Waals surface area contributed by atoms with E-state index in [1.807, 2.05) is 0 Å². The van der Waals surface area contributed by atoms with Crippen LogP contribution in [0.4, 0.5) is 5.82 Å². The standard InChI is InChI=1S/C19H22N4O2S2/c1-14-4-6-15(7-5-14)16-12-26-19-17(16)18(20-13-21-19)22-8-3-9-23(11-10-22)27(2,24)25/h4-7,12-13H,3,8-11H2,1-2H3. The zero-order valence-corrected chi connectivity index (χ0v) is 17.1. The maximum absolute atomic E-state index is 11.9. The van der Waals surface area contributed by atoms with Gasteiger partial charge in [0.05, 0.1) is 11.6 Å². The van der Waals surface area contributed by atoms with Crippen molar-refractivity contribution in [1.29, 1.82) is 0 Å². The Kier molecular flexibility index (Phi) is 4.88. The van der Waals surface area contributed by atoms with E-state index in [1.54, 1.807) is 22.0 Å². The Labute approximate surface area is 163 Å². The Morgan fingerprint density at radius 2 is 1.81 bits per heavy atom. The van der Waals surface area contributed by atoms with Gasteiger partial charge >= 0.3 is 0 Å². The first-order valence-electron chi connectivity index (χ1n) is 8.93. The van der Waals surface area contributed by atoms with Gasteiger partial charge in [0.1, 0.15) is 17.0 Å². The molecule has 3 aromatic rings. The molecular weight excluding hydrogens is 380 g/mol. The quantitative estimate of drug-likeness (QED) is 0.673. The van der Waals surface area contributed by atoms with Crippen LogP contribution in [0, 0.1) is 6.92 Å². The lowest BCUT2D eigenvalue weighted by molar-refractivity contribution is 0.437. The van der Waals surface area contributed by atoms with E-state index in [2.05, 4.69) is 51.4 Å². The number of rotatable bonds is 3. The van der Waals surface area contributed by atoms with Crippen molar-refractivity contribution in [2.24, 2.45) is 0 Å². The molecule has 1 fully saturated rings. The summed E-state index contributed by atoms with van der Waals surface area (Å²) in [6.07, 6.45) is 3.66. The summed E-state index contributed by atoms with van der Waals surface area (Å²) in [5.41, 5.74) is 3.51.